The first-order valence-electron chi connectivity index (χ1n) is 13.5. The lowest BCUT2D eigenvalue weighted by Gasteiger charge is -2.09. The van der Waals surface area contributed by atoms with Crippen LogP contribution in [-0.4, -0.2) is 4.98 Å². The first-order valence-corrected chi connectivity index (χ1v) is 13.5. The molecule has 0 aliphatic carbocycles. The summed E-state index contributed by atoms with van der Waals surface area (Å²) < 4.78 is 2.22. The van der Waals surface area contributed by atoms with Crippen LogP contribution in [0.5, 0.6) is 0 Å². The van der Waals surface area contributed by atoms with E-state index >= 15 is 0 Å². The van der Waals surface area contributed by atoms with E-state index in [1.807, 2.05) is 24.4 Å². The maximum absolute atomic E-state index is 4.54. The van der Waals surface area contributed by atoms with Gasteiger partial charge in [-0.3, -0.25) is 0 Å². The second-order valence-corrected chi connectivity index (χ2v) is 9.40. The van der Waals surface area contributed by atoms with Crippen LogP contribution in [0.3, 0.4) is 0 Å². The molecular weight excluding hydrogens is 448 g/mol. The summed E-state index contributed by atoms with van der Waals surface area (Å²) in [6.07, 6.45) is 24.7. The number of rotatable bonds is 17. The van der Waals surface area contributed by atoms with Crippen molar-refractivity contribution in [1.29, 1.82) is 0 Å². The van der Waals surface area contributed by atoms with E-state index < -0.39 is 0 Å². The minimum Gasteiger partial charge on any atom is -1.00 e. The minimum absolute atomic E-state index is 0. The molecule has 0 saturated carbocycles. The first-order chi connectivity index (χ1) is 16.9. The number of aromatic nitrogens is 2. The molecule has 0 spiro atoms. The molecule has 2 nitrogen and oxygen atoms in total. The molecule has 0 unspecified atom stereocenters. The van der Waals surface area contributed by atoms with Crippen LogP contribution >= 0.6 is 0 Å². The molecule has 0 saturated heterocycles. The van der Waals surface area contributed by atoms with Gasteiger partial charge in [-0.2, -0.15) is 4.57 Å². The Morgan fingerprint density at radius 3 is 1.77 bits per heavy atom. The van der Waals surface area contributed by atoms with E-state index in [1.54, 1.807) is 0 Å². The topological polar surface area (TPSA) is 16.8 Å². The van der Waals surface area contributed by atoms with Crippen molar-refractivity contribution in [3.8, 4) is 5.82 Å². The standard InChI is InChI=1S/C32H43N2.ClH/c1-2-30-24-20-28-34(32-26-18-19-27-33-32)31(30)25-17-12-10-8-6-4-3-5-7-9-11-14-21-29-22-15-13-16-23-29;/h2,13,15-16,18-20,22-24,26-28H,1,3-12,14,17,21,25H2;1H/q+1;/p-1. The molecule has 0 amide bonds. The molecule has 35 heavy (non-hydrogen) atoms. The van der Waals surface area contributed by atoms with Crippen molar-refractivity contribution in [2.75, 3.05) is 0 Å². The molecule has 1 aromatic carbocycles. The van der Waals surface area contributed by atoms with Gasteiger partial charge in [-0.05, 0) is 48.0 Å². The molecule has 3 aromatic rings. The number of hydrogen-bond acceptors (Lipinski definition) is 1. The molecule has 0 atom stereocenters. The number of pyridine rings is 2. The molecular formula is C32H43ClN2. The molecule has 2 aromatic heterocycles. The molecule has 3 rings (SSSR count). The maximum atomic E-state index is 4.54. The van der Waals surface area contributed by atoms with E-state index in [1.165, 1.54) is 100 Å². The Labute approximate surface area is 219 Å². The predicted octanol–water partition coefficient (Wildman–Crippen LogP) is 5.47. The number of aryl methyl sites for hydroxylation is 1. The van der Waals surface area contributed by atoms with Gasteiger partial charge in [-0.1, -0.05) is 113 Å². The fourth-order valence-corrected chi connectivity index (χ4v) is 4.75. The fraction of sp³-hybridized carbons (Fsp3) is 0.438. The molecule has 0 aliphatic rings. The summed E-state index contributed by atoms with van der Waals surface area (Å²) in [6.45, 7) is 4.02. The summed E-state index contributed by atoms with van der Waals surface area (Å²) in [6, 6.07) is 21.2. The van der Waals surface area contributed by atoms with Gasteiger partial charge in [0.2, 0.25) is 0 Å². The van der Waals surface area contributed by atoms with Crippen LogP contribution in [0.15, 0.2) is 79.6 Å². The van der Waals surface area contributed by atoms with E-state index in [4.69, 9.17) is 0 Å². The van der Waals surface area contributed by atoms with Crippen LogP contribution in [0, 0.1) is 0 Å². The Hall–Kier alpha value is -2.45. The Bertz CT molecular complexity index is 940. The van der Waals surface area contributed by atoms with Crippen molar-refractivity contribution in [3.63, 3.8) is 0 Å². The van der Waals surface area contributed by atoms with E-state index in [9.17, 15) is 0 Å². The van der Waals surface area contributed by atoms with Gasteiger partial charge in [-0.15, -0.1) is 0 Å². The van der Waals surface area contributed by atoms with Crippen LogP contribution in [0.4, 0.5) is 0 Å². The van der Waals surface area contributed by atoms with Crippen molar-refractivity contribution in [2.24, 2.45) is 0 Å². The Morgan fingerprint density at radius 1 is 0.629 bits per heavy atom. The highest BCUT2D eigenvalue weighted by molar-refractivity contribution is 5.48. The van der Waals surface area contributed by atoms with E-state index in [-0.39, 0.29) is 12.4 Å². The monoisotopic (exact) mass is 490 g/mol. The molecule has 2 heterocycles. The zero-order valence-corrected chi connectivity index (χ0v) is 22.1. The van der Waals surface area contributed by atoms with Crippen LogP contribution < -0.4 is 17.0 Å². The number of benzene rings is 1. The third-order valence-electron chi connectivity index (χ3n) is 6.72. The van der Waals surface area contributed by atoms with Gasteiger partial charge in [0, 0.05) is 18.1 Å². The summed E-state index contributed by atoms with van der Waals surface area (Å²) in [5.74, 6) is 0.984. The van der Waals surface area contributed by atoms with Crippen molar-refractivity contribution in [3.05, 3.63) is 96.5 Å². The van der Waals surface area contributed by atoms with Gasteiger partial charge in [0.1, 0.15) is 11.9 Å². The third-order valence-corrected chi connectivity index (χ3v) is 6.72. The van der Waals surface area contributed by atoms with Gasteiger partial charge in [0.15, 0.2) is 0 Å². The van der Waals surface area contributed by atoms with Crippen LogP contribution in [0.25, 0.3) is 11.9 Å². The zero-order chi connectivity index (χ0) is 23.7. The van der Waals surface area contributed by atoms with Crippen LogP contribution in [0.1, 0.15) is 93.9 Å². The second kappa shape index (κ2) is 17.9. The van der Waals surface area contributed by atoms with E-state index in [0.717, 1.165) is 12.2 Å². The van der Waals surface area contributed by atoms with Crippen molar-refractivity contribution >= 4 is 6.08 Å². The molecule has 0 radical (unpaired) electrons. The Balaban J connectivity index is 0.00000432. The lowest BCUT2D eigenvalue weighted by atomic mass is 10.0. The molecule has 0 bridgehead atoms. The summed E-state index contributed by atoms with van der Waals surface area (Å²) in [4.78, 5) is 4.54. The zero-order valence-electron chi connectivity index (χ0n) is 21.4. The molecule has 188 valence electrons. The predicted molar refractivity (Wildman–Crippen MR) is 145 cm³/mol. The summed E-state index contributed by atoms with van der Waals surface area (Å²) >= 11 is 0. The van der Waals surface area contributed by atoms with Crippen LogP contribution in [-0.2, 0) is 12.8 Å². The minimum atomic E-state index is 0. The van der Waals surface area contributed by atoms with Gasteiger partial charge in [-0.25, -0.2) is 0 Å². The van der Waals surface area contributed by atoms with Gasteiger partial charge < -0.3 is 12.4 Å². The number of unbranched alkanes of at least 4 members (excludes halogenated alkanes) is 11. The smallest absolute Gasteiger partial charge is 0.327 e. The summed E-state index contributed by atoms with van der Waals surface area (Å²) in [5, 5.41) is 0. The quantitative estimate of drug-likeness (QED) is 0.181. The van der Waals surface area contributed by atoms with E-state index in [2.05, 4.69) is 70.9 Å². The number of halogens is 1. The number of nitrogens with zero attached hydrogens (tertiary/aromatic N) is 2. The van der Waals surface area contributed by atoms with Gasteiger partial charge >= 0.3 is 5.82 Å². The SMILES string of the molecule is C=Cc1ccc[n+](-c2ccccn2)c1CCCCCCCCCCCCCCc1ccccc1.[Cl-]. The average Bonchev–Trinajstić information content (AvgIpc) is 2.90. The summed E-state index contributed by atoms with van der Waals surface area (Å²) in [5.41, 5.74) is 4.02. The largest absolute Gasteiger partial charge is 1.00 e. The van der Waals surface area contributed by atoms with Gasteiger partial charge in [0.05, 0.1) is 6.20 Å². The molecule has 0 N–H and O–H groups in total. The highest BCUT2D eigenvalue weighted by atomic mass is 35.5. The lowest BCUT2D eigenvalue weighted by molar-refractivity contribution is -0.608. The normalized spacial score (nSPS) is 10.6. The molecule has 0 fully saturated rings. The van der Waals surface area contributed by atoms with Gasteiger partial charge in [0.25, 0.3) is 0 Å². The Morgan fingerprint density at radius 2 is 1.20 bits per heavy atom. The molecule has 3 heteroatoms. The van der Waals surface area contributed by atoms with Crippen molar-refractivity contribution in [2.45, 2.75) is 89.9 Å². The highest BCUT2D eigenvalue weighted by Gasteiger charge is 2.14. The summed E-state index contributed by atoms with van der Waals surface area (Å²) in [7, 11) is 0. The average molecular weight is 491 g/mol. The first kappa shape index (κ1) is 28.8. The third kappa shape index (κ3) is 10.8. The van der Waals surface area contributed by atoms with E-state index in [0.29, 0.717) is 0 Å². The molecule has 0 aliphatic heterocycles. The number of hydrogen-bond donors (Lipinski definition) is 0. The highest BCUT2D eigenvalue weighted by Crippen LogP contribution is 2.15. The second-order valence-electron chi connectivity index (χ2n) is 9.40. The van der Waals surface area contributed by atoms with Crippen LogP contribution in [0.2, 0.25) is 0 Å². The Kier molecular flexibility index (Phi) is 14.7. The van der Waals surface area contributed by atoms with Crippen molar-refractivity contribution in [1.82, 2.24) is 4.98 Å². The van der Waals surface area contributed by atoms with Crippen molar-refractivity contribution < 1.29 is 17.0 Å². The fourth-order valence-electron chi connectivity index (χ4n) is 4.75. The lowest BCUT2D eigenvalue weighted by Crippen LogP contribution is -3.00. The maximum Gasteiger partial charge on any atom is 0.327 e.